The van der Waals surface area contributed by atoms with E-state index in [0.717, 1.165) is 101 Å². The van der Waals surface area contributed by atoms with E-state index in [0.29, 0.717) is 0 Å². The Balaban J connectivity index is 1.04. The summed E-state index contributed by atoms with van der Waals surface area (Å²) in [5.74, 6) is 0. The lowest BCUT2D eigenvalue weighted by Crippen LogP contribution is -2.61. The van der Waals surface area contributed by atoms with Gasteiger partial charge in [0.1, 0.15) is 22.3 Å². The number of fused-ring (bicyclic) bond motifs is 10. The fraction of sp³-hybridized carbons (Fsp3) is 0.118. The number of nitrogens with zero attached hydrogens (tertiary/aromatic N) is 3. The van der Waals surface area contributed by atoms with Gasteiger partial charge in [-0.05, 0) is 140 Å². The van der Waals surface area contributed by atoms with E-state index in [9.17, 15) is 0 Å². The van der Waals surface area contributed by atoms with Gasteiger partial charge in [-0.3, -0.25) is 0 Å². The topological polar surface area (TPSA) is 36.0 Å². The van der Waals surface area contributed by atoms with Gasteiger partial charge >= 0.3 is 0 Å². The molecule has 12 aromatic rings. The van der Waals surface area contributed by atoms with Crippen molar-refractivity contribution >= 4 is 118 Å². The number of hydrogen-bond acceptors (Lipinski definition) is 5. The molecule has 356 valence electrons. The van der Waals surface area contributed by atoms with E-state index in [1.54, 1.807) is 0 Å². The summed E-state index contributed by atoms with van der Waals surface area (Å²) < 4.78 is 13.1. The predicted molar refractivity (Wildman–Crippen MR) is 313 cm³/mol. The maximum atomic E-state index is 6.70. The lowest BCUT2D eigenvalue weighted by atomic mass is 9.33. The van der Waals surface area contributed by atoms with E-state index in [2.05, 4.69) is 269 Å². The van der Waals surface area contributed by atoms with Crippen molar-refractivity contribution in [1.29, 1.82) is 0 Å². The van der Waals surface area contributed by atoms with Crippen LogP contribution >= 0.6 is 0 Å². The molecule has 0 aliphatic carbocycles. The van der Waals surface area contributed by atoms with Gasteiger partial charge in [-0.15, -0.1) is 0 Å². The maximum absolute atomic E-state index is 6.70. The smallest absolute Gasteiger partial charge is 0.252 e. The minimum atomic E-state index is -0.1000. The van der Waals surface area contributed by atoms with Crippen LogP contribution in [-0.4, -0.2) is 6.71 Å². The minimum Gasteiger partial charge on any atom is -0.456 e. The Morgan fingerprint density at radius 3 is 1.49 bits per heavy atom. The van der Waals surface area contributed by atoms with Crippen LogP contribution < -0.4 is 31.1 Å². The summed E-state index contributed by atoms with van der Waals surface area (Å²) in [5.41, 5.74) is 22.1. The maximum Gasteiger partial charge on any atom is 0.252 e. The van der Waals surface area contributed by atoms with Gasteiger partial charge in [0.2, 0.25) is 0 Å². The molecule has 0 spiro atoms. The highest BCUT2D eigenvalue weighted by atomic mass is 16.3. The molecule has 14 rings (SSSR count). The lowest BCUT2D eigenvalue weighted by Gasteiger charge is -2.44. The van der Waals surface area contributed by atoms with Crippen LogP contribution in [0.15, 0.2) is 227 Å². The molecule has 4 heterocycles. The number of para-hydroxylation sites is 2. The van der Waals surface area contributed by atoms with Crippen molar-refractivity contribution < 1.29 is 8.83 Å². The third-order valence-electron chi connectivity index (χ3n) is 15.5. The zero-order valence-electron chi connectivity index (χ0n) is 42.5. The number of furan rings is 2. The van der Waals surface area contributed by atoms with Gasteiger partial charge in [0.05, 0.1) is 0 Å². The van der Waals surface area contributed by atoms with Crippen LogP contribution in [0.25, 0.3) is 55.0 Å². The molecule has 0 radical (unpaired) electrons. The average Bonchev–Trinajstić information content (AvgIpc) is 3.98. The molecular formula is C68H54BN3O2. The molecule has 0 N–H and O–H groups in total. The molecule has 0 amide bonds. The van der Waals surface area contributed by atoms with E-state index in [-0.39, 0.29) is 17.5 Å². The predicted octanol–water partition coefficient (Wildman–Crippen LogP) is 17.3. The van der Waals surface area contributed by atoms with Crippen LogP contribution in [0.3, 0.4) is 0 Å². The highest BCUT2D eigenvalue weighted by molar-refractivity contribution is 7.00. The van der Waals surface area contributed by atoms with Crippen molar-refractivity contribution in [1.82, 2.24) is 0 Å². The fourth-order valence-corrected chi connectivity index (χ4v) is 11.8. The SMILES string of the molecule is CC(C)(C)c1ccc(N2c3cc(N(c4cccc(-c5ccccc5)c4)c4ccc5oc6ccccc6c5c4)ccc3B3c4cc5c(cc4N(c4ccc(C(C)(C)C)cc4)c4cccc2c43)oc2ccccc25)cc1. The number of anilines is 9. The summed E-state index contributed by atoms with van der Waals surface area (Å²) in [7, 11) is 0. The minimum absolute atomic E-state index is 0.00590. The second-order valence-corrected chi connectivity index (χ2v) is 22.2. The molecule has 0 bridgehead atoms. The zero-order chi connectivity index (χ0) is 50.0. The molecule has 6 heteroatoms. The van der Waals surface area contributed by atoms with E-state index in [4.69, 9.17) is 8.83 Å². The zero-order valence-corrected chi connectivity index (χ0v) is 42.5. The number of benzene rings is 10. The molecule has 2 aliphatic rings. The van der Waals surface area contributed by atoms with E-state index >= 15 is 0 Å². The number of hydrogen-bond donors (Lipinski definition) is 0. The van der Waals surface area contributed by atoms with Crippen LogP contribution in [0, 0.1) is 0 Å². The summed E-state index contributed by atoms with van der Waals surface area (Å²) in [5, 5.41) is 4.41. The van der Waals surface area contributed by atoms with Crippen LogP contribution in [0.1, 0.15) is 52.7 Å². The summed E-state index contributed by atoms with van der Waals surface area (Å²) in [4.78, 5) is 7.41. The molecule has 2 aliphatic heterocycles. The molecule has 0 atom stereocenters. The van der Waals surface area contributed by atoms with Gasteiger partial charge in [-0.2, -0.15) is 0 Å². The second-order valence-electron chi connectivity index (χ2n) is 22.2. The van der Waals surface area contributed by atoms with Crippen molar-refractivity contribution in [2.24, 2.45) is 0 Å². The Morgan fingerprint density at radius 1 is 0.351 bits per heavy atom. The van der Waals surface area contributed by atoms with E-state index < -0.39 is 0 Å². The van der Waals surface area contributed by atoms with Crippen LogP contribution in [0.5, 0.6) is 0 Å². The molecule has 2 aromatic heterocycles. The Hall–Kier alpha value is -8.74. The third-order valence-corrected chi connectivity index (χ3v) is 15.5. The Labute approximate surface area is 432 Å². The van der Waals surface area contributed by atoms with Crippen LogP contribution in [0.4, 0.5) is 51.2 Å². The molecular weight excluding hydrogens is 902 g/mol. The van der Waals surface area contributed by atoms with Crippen molar-refractivity contribution in [3.05, 3.63) is 230 Å². The first kappa shape index (κ1) is 44.0. The van der Waals surface area contributed by atoms with Gasteiger partial charge in [-0.1, -0.05) is 163 Å². The van der Waals surface area contributed by atoms with Gasteiger partial charge in [0, 0.05) is 78.8 Å². The first-order chi connectivity index (χ1) is 35.9. The quantitative estimate of drug-likeness (QED) is 0.155. The van der Waals surface area contributed by atoms with Crippen molar-refractivity contribution in [3.8, 4) is 11.1 Å². The Morgan fingerprint density at radius 2 is 0.851 bits per heavy atom. The average molecular weight is 956 g/mol. The standard InChI is InChI=1S/C68H54BN3O2/c1-67(2,3)45-26-30-47(31-27-45)71-58-22-15-23-59-66(58)69(57-41-55-53-21-11-13-25-63(53)74-65(55)42-61(57)72(59)48-32-28-46(29-33-48)68(4,5)6)56-36-34-51(40-60(56)71)70(49-19-14-18-44(38-49)43-16-8-7-9-17-43)50-35-37-64-54(39-50)52-20-10-12-24-62(52)73-64/h7-42H,1-6H3. The van der Waals surface area contributed by atoms with Crippen LogP contribution in [-0.2, 0) is 10.8 Å². The number of rotatable bonds is 6. The van der Waals surface area contributed by atoms with Gasteiger partial charge in [0.15, 0.2) is 0 Å². The molecule has 0 fully saturated rings. The Bertz CT molecular complexity index is 4180. The van der Waals surface area contributed by atoms with Crippen LogP contribution in [0.2, 0.25) is 0 Å². The second kappa shape index (κ2) is 16.4. The Kier molecular flexibility index (Phi) is 9.75. The van der Waals surface area contributed by atoms with Crippen molar-refractivity contribution in [2.75, 3.05) is 14.7 Å². The van der Waals surface area contributed by atoms with Gasteiger partial charge in [0.25, 0.3) is 6.71 Å². The monoisotopic (exact) mass is 955 g/mol. The third kappa shape index (κ3) is 6.99. The summed E-state index contributed by atoms with van der Waals surface area (Å²) >= 11 is 0. The highest BCUT2D eigenvalue weighted by Crippen LogP contribution is 2.48. The van der Waals surface area contributed by atoms with Crippen molar-refractivity contribution in [2.45, 2.75) is 52.4 Å². The highest BCUT2D eigenvalue weighted by Gasteiger charge is 2.44. The van der Waals surface area contributed by atoms with Gasteiger partial charge in [-0.25, -0.2) is 0 Å². The summed E-state index contributed by atoms with van der Waals surface area (Å²) in [6.45, 7) is 13.6. The molecule has 74 heavy (non-hydrogen) atoms. The lowest BCUT2D eigenvalue weighted by molar-refractivity contribution is 0.590. The molecule has 0 saturated heterocycles. The first-order valence-electron chi connectivity index (χ1n) is 25.8. The van der Waals surface area contributed by atoms with Crippen molar-refractivity contribution in [3.63, 3.8) is 0 Å². The molecule has 5 nitrogen and oxygen atoms in total. The summed E-state index contributed by atoms with van der Waals surface area (Å²) in [6, 6.07) is 80.2. The normalized spacial score (nSPS) is 13.2. The van der Waals surface area contributed by atoms with E-state index in [1.165, 1.54) is 33.1 Å². The largest absolute Gasteiger partial charge is 0.456 e. The van der Waals surface area contributed by atoms with E-state index in [1.807, 2.05) is 6.07 Å². The molecule has 10 aromatic carbocycles. The molecule has 0 saturated carbocycles. The van der Waals surface area contributed by atoms with Gasteiger partial charge < -0.3 is 23.5 Å². The molecule has 0 unspecified atom stereocenters. The fourth-order valence-electron chi connectivity index (χ4n) is 11.8. The first-order valence-corrected chi connectivity index (χ1v) is 25.8. The summed E-state index contributed by atoms with van der Waals surface area (Å²) in [6.07, 6.45) is 0.